The quantitative estimate of drug-likeness (QED) is 0.848. The van der Waals surface area contributed by atoms with Crippen LogP contribution < -0.4 is 10.5 Å². The van der Waals surface area contributed by atoms with Gasteiger partial charge in [0.15, 0.2) is 0 Å². The van der Waals surface area contributed by atoms with Gasteiger partial charge in [0.25, 0.3) is 0 Å². The van der Waals surface area contributed by atoms with Crippen molar-refractivity contribution in [3.05, 3.63) is 24.3 Å². The predicted octanol–water partition coefficient (Wildman–Crippen LogP) is 2.44. The van der Waals surface area contributed by atoms with E-state index in [4.69, 9.17) is 10.5 Å². The van der Waals surface area contributed by atoms with Gasteiger partial charge in [0.2, 0.25) is 5.91 Å². The molecule has 19 heavy (non-hydrogen) atoms. The summed E-state index contributed by atoms with van der Waals surface area (Å²) in [5.41, 5.74) is 6.38. The first kappa shape index (κ1) is 13.7. The number of nitrogen functional groups attached to an aromatic ring is 1. The van der Waals surface area contributed by atoms with Gasteiger partial charge in [-0.3, -0.25) is 4.79 Å². The molecule has 4 heteroatoms. The maximum atomic E-state index is 11.8. The number of benzene rings is 1. The topological polar surface area (TPSA) is 55.6 Å². The van der Waals surface area contributed by atoms with E-state index in [-0.39, 0.29) is 12.0 Å². The Hall–Kier alpha value is -1.71. The average molecular weight is 262 g/mol. The molecular weight excluding hydrogens is 240 g/mol. The largest absolute Gasteiger partial charge is 0.490 e. The molecule has 2 N–H and O–H groups in total. The van der Waals surface area contributed by atoms with Gasteiger partial charge in [0.1, 0.15) is 11.9 Å². The summed E-state index contributed by atoms with van der Waals surface area (Å²) in [5.74, 6) is 1.13. The smallest absolute Gasteiger partial charge is 0.222 e. The standard InChI is InChI=1S/C15H22N2O2/c1-2-3-15(18)17-10-8-14(9-11-17)19-13-6-4-12(16)5-7-13/h4-7,14H,2-3,8-11,16H2,1H3. The summed E-state index contributed by atoms with van der Waals surface area (Å²) in [6.45, 7) is 3.64. The third-order valence-corrected chi connectivity index (χ3v) is 3.44. The number of hydrogen-bond acceptors (Lipinski definition) is 3. The molecule has 0 unspecified atom stereocenters. The van der Waals surface area contributed by atoms with Crippen LogP contribution >= 0.6 is 0 Å². The van der Waals surface area contributed by atoms with Crippen molar-refractivity contribution in [2.45, 2.75) is 38.7 Å². The Morgan fingerprint density at radius 3 is 2.53 bits per heavy atom. The highest BCUT2D eigenvalue weighted by Crippen LogP contribution is 2.20. The Bertz CT molecular complexity index is 409. The summed E-state index contributed by atoms with van der Waals surface area (Å²) < 4.78 is 5.90. The zero-order valence-electron chi connectivity index (χ0n) is 11.5. The van der Waals surface area contributed by atoms with E-state index < -0.39 is 0 Å². The van der Waals surface area contributed by atoms with Gasteiger partial charge >= 0.3 is 0 Å². The van der Waals surface area contributed by atoms with Crippen molar-refractivity contribution in [1.29, 1.82) is 0 Å². The molecule has 1 aromatic rings. The minimum absolute atomic E-state index is 0.203. The van der Waals surface area contributed by atoms with E-state index in [1.807, 2.05) is 36.1 Å². The molecule has 0 aromatic heterocycles. The van der Waals surface area contributed by atoms with Crippen LogP contribution in [0.15, 0.2) is 24.3 Å². The fourth-order valence-electron chi connectivity index (χ4n) is 2.33. The Kier molecular flexibility index (Phi) is 4.66. The van der Waals surface area contributed by atoms with Crippen LogP contribution in [0.3, 0.4) is 0 Å². The number of hydrogen-bond donors (Lipinski definition) is 1. The van der Waals surface area contributed by atoms with Crippen LogP contribution in [0.5, 0.6) is 5.75 Å². The first-order chi connectivity index (χ1) is 9.19. The second kappa shape index (κ2) is 6.45. The highest BCUT2D eigenvalue weighted by atomic mass is 16.5. The first-order valence-electron chi connectivity index (χ1n) is 6.99. The van der Waals surface area contributed by atoms with E-state index in [1.165, 1.54) is 0 Å². The highest BCUT2D eigenvalue weighted by molar-refractivity contribution is 5.76. The molecule has 1 aromatic carbocycles. The lowest BCUT2D eigenvalue weighted by molar-refractivity contribution is -0.133. The van der Waals surface area contributed by atoms with Crippen LogP contribution in [0, 0.1) is 0 Å². The molecule has 0 bridgehead atoms. The van der Waals surface area contributed by atoms with Crippen LogP contribution in [-0.4, -0.2) is 30.0 Å². The van der Waals surface area contributed by atoms with Crippen molar-refractivity contribution in [1.82, 2.24) is 4.90 Å². The van der Waals surface area contributed by atoms with Gasteiger partial charge in [-0.2, -0.15) is 0 Å². The molecule has 0 radical (unpaired) electrons. The van der Waals surface area contributed by atoms with E-state index in [1.54, 1.807) is 0 Å². The number of carbonyl (C=O) groups is 1. The maximum Gasteiger partial charge on any atom is 0.222 e. The number of amides is 1. The Morgan fingerprint density at radius 2 is 1.95 bits per heavy atom. The molecule has 104 valence electrons. The molecule has 1 fully saturated rings. The Balaban J connectivity index is 1.80. The Morgan fingerprint density at radius 1 is 1.32 bits per heavy atom. The highest BCUT2D eigenvalue weighted by Gasteiger charge is 2.23. The lowest BCUT2D eigenvalue weighted by Gasteiger charge is -2.32. The summed E-state index contributed by atoms with van der Waals surface area (Å²) >= 11 is 0. The molecule has 0 aliphatic carbocycles. The zero-order valence-corrected chi connectivity index (χ0v) is 11.5. The first-order valence-corrected chi connectivity index (χ1v) is 6.99. The number of nitrogens with two attached hydrogens (primary N) is 1. The lowest BCUT2D eigenvalue weighted by atomic mass is 10.1. The summed E-state index contributed by atoms with van der Waals surface area (Å²) in [7, 11) is 0. The van der Waals surface area contributed by atoms with Crippen LogP contribution in [0.25, 0.3) is 0 Å². The molecule has 1 saturated heterocycles. The molecule has 2 rings (SSSR count). The predicted molar refractivity (Wildman–Crippen MR) is 76.0 cm³/mol. The number of piperidine rings is 1. The number of rotatable bonds is 4. The third kappa shape index (κ3) is 3.88. The minimum atomic E-state index is 0.203. The second-order valence-corrected chi connectivity index (χ2v) is 5.02. The molecule has 4 nitrogen and oxygen atoms in total. The van der Waals surface area contributed by atoms with Crippen molar-refractivity contribution in [2.24, 2.45) is 0 Å². The normalized spacial score (nSPS) is 16.4. The number of likely N-dealkylation sites (tertiary alicyclic amines) is 1. The number of anilines is 1. The van der Waals surface area contributed by atoms with Gasteiger partial charge in [0.05, 0.1) is 0 Å². The molecule has 1 aliphatic heterocycles. The third-order valence-electron chi connectivity index (χ3n) is 3.44. The molecule has 1 aliphatic rings. The fourth-order valence-corrected chi connectivity index (χ4v) is 2.33. The van der Waals surface area contributed by atoms with E-state index in [9.17, 15) is 4.79 Å². The van der Waals surface area contributed by atoms with Crippen LogP contribution in [0.2, 0.25) is 0 Å². The van der Waals surface area contributed by atoms with Crippen molar-refractivity contribution >= 4 is 11.6 Å². The van der Waals surface area contributed by atoms with Crippen molar-refractivity contribution < 1.29 is 9.53 Å². The molecule has 0 atom stereocenters. The average Bonchev–Trinajstić information content (AvgIpc) is 2.42. The summed E-state index contributed by atoms with van der Waals surface area (Å²) in [4.78, 5) is 13.7. The second-order valence-electron chi connectivity index (χ2n) is 5.02. The van der Waals surface area contributed by atoms with Crippen LogP contribution in [-0.2, 0) is 4.79 Å². The molecule has 0 saturated carbocycles. The monoisotopic (exact) mass is 262 g/mol. The van der Waals surface area contributed by atoms with Gasteiger partial charge < -0.3 is 15.4 Å². The van der Waals surface area contributed by atoms with Crippen LogP contribution in [0.4, 0.5) is 5.69 Å². The number of carbonyl (C=O) groups excluding carboxylic acids is 1. The van der Waals surface area contributed by atoms with Gasteiger partial charge in [0, 0.05) is 38.0 Å². The minimum Gasteiger partial charge on any atom is -0.490 e. The summed E-state index contributed by atoms with van der Waals surface area (Å²) in [6.07, 6.45) is 3.58. The summed E-state index contributed by atoms with van der Waals surface area (Å²) in [6, 6.07) is 7.47. The fraction of sp³-hybridized carbons (Fsp3) is 0.533. The van der Waals surface area contributed by atoms with Crippen molar-refractivity contribution in [3.63, 3.8) is 0 Å². The number of nitrogens with zero attached hydrogens (tertiary/aromatic N) is 1. The molecule has 1 heterocycles. The van der Waals surface area contributed by atoms with E-state index in [0.717, 1.165) is 43.8 Å². The zero-order chi connectivity index (χ0) is 13.7. The number of ether oxygens (including phenoxy) is 1. The van der Waals surface area contributed by atoms with Crippen molar-refractivity contribution in [2.75, 3.05) is 18.8 Å². The van der Waals surface area contributed by atoms with E-state index in [0.29, 0.717) is 6.42 Å². The SMILES string of the molecule is CCCC(=O)N1CCC(Oc2ccc(N)cc2)CC1. The maximum absolute atomic E-state index is 11.8. The summed E-state index contributed by atoms with van der Waals surface area (Å²) in [5, 5.41) is 0. The van der Waals surface area contributed by atoms with Gasteiger partial charge in [-0.05, 0) is 30.7 Å². The van der Waals surface area contributed by atoms with E-state index in [2.05, 4.69) is 0 Å². The van der Waals surface area contributed by atoms with Gasteiger partial charge in [-0.25, -0.2) is 0 Å². The Labute approximate surface area is 114 Å². The van der Waals surface area contributed by atoms with Gasteiger partial charge in [-0.15, -0.1) is 0 Å². The molecular formula is C15H22N2O2. The molecule has 0 spiro atoms. The van der Waals surface area contributed by atoms with Gasteiger partial charge in [-0.1, -0.05) is 6.92 Å². The van der Waals surface area contributed by atoms with Crippen molar-refractivity contribution in [3.8, 4) is 5.75 Å². The van der Waals surface area contributed by atoms with E-state index >= 15 is 0 Å². The lowest BCUT2D eigenvalue weighted by Crippen LogP contribution is -2.41. The molecule has 1 amide bonds. The van der Waals surface area contributed by atoms with Crippen LogP contribution in [0.1, 0.15) is 32.6 Å².